The van der Waals surface area contributed by atoms with Crippen LogP contribution in [-0.2, 0) is 14.8 Å². The van der Waals surface area contributed by atoms with Crippen LogP contribution in [0.5, 0.6) is 0 Å². The Morgan fingerprint density at radius 1 is 1.03 bits per heavy atom. The molecule has 4 aromatic rings. The highest BCUT2D eigenvalue weighted by Crippen LogP contribution is 2.29. The molecule has 33 heavy (non-hydrogen) atoms. The summed E-state index contributed by atoms with van der Waals surface area (Å²) in [6.45, 7) is 0.466. The number of benzene rings is 2. The van der Waals surface area contributed by atoms with Gasteiger partial charge in [-0.3, -0.25) is 10.1 Å². The van der Waals surface area contributed by atoms with E-state index in [9.17, 15) is 13.2 Å². The maximum atomic E-state index is 12.8. The lowest BCUT2D eigenvalue weighted by Gasteiger charge is -2.30. The maximum absolute atomic E-state index is 12.8. The minimum absolute atomic E-state index is 0.0355. The topological polar surface area (TPSA) is 119 Å². The summed E-state index contributed by atoms with van der Waals surface area (Å²) >= 11 is 5.85. The van der Waals surface area contributed by atoms with Crippen molar-refractivity contribution in [3.05, 3.63) is 59.6 Å². The standard InChI is InChI=1S/C22H19ClN4O5S/c23-16-5-7-17(8-6-16)33(29,30)27-11-9-14(10-12-27)20(28)24-22-26-25-21(32-22)19-13-15-3-1-2-4-18(15)31-19/h1-8,13-14H,9-12H2,(H,24,26,28). The molecule has 9 nitrogen and oxygen atoms in total. The van der Waals surface area contributed by atoms with Crippen LogP contribution in [0.1, 0.15) is 12.8 Å². The number of sulfonamides is 1. The van der Waals surface area contributed by atoms with E-state index in [4.69, 9.17) is 20.4 Å². The second-order valence-electron chi connectivity index (χ2n) is 7.68. The smallest absolute Gasteiger partial charge is 0.322 e. The number of rotatable bonds is 5. The third-order valence-corrected chi connectivity index (χ3v) is 7.73. The second kappa shape index (κ2) is 8.62. The summed E-state index contributed by atoms with van der Waals surface area (Å²) in [7, 11) is -3.63. The highest BCUT2D eigenvalue weighted by molar-refractivity contribution is 7.89. The van der Waals surface area contributed by atoms with Gasteiger partial charge in [-0.2, -0.15) is 4.31 Å². The lowest BCUT2D eigenvalue weighted by atomic mass is 9.97. The van der Waals surface area contributed by atoms with Crippen molar-refractivity contribution in [2.45, 2.75) is 17.7 Å². The predicted molar refractivity (Wildman–Crippen MR) is 121 cm³/mol. The minimum atomic E-state index is -3.63. The van der Waals surface area contributed by atoms with Gasteiger partial charge in [0.2, 0.25) is 15.9 Å². The average Bonchev–Trinajstić information content (AvgIpc) is 3.46. The molecular formula is C22H19ClN4O5S. The zero-order chi connectivity index (χ0) is 23.0. The van der Waals surface area contributed by atoms with Gasteiger partial charge >= 0.3 is 6.01 Å². The summed E-state index contributed by atoms with van der Waals surface area (Å²) in [6, 6.07) is 15.3. The summed E-state index contributed by atoms with van der Waals surface area (Å²) < 4.78 is 38.2. The number of furan rings is 1. The number of hydrogen-bond donors (Lipinski definition) is 1. The largest absolute Gasteiger partial charge is 0.451 e. The first-order valence-corrected chi connectivity index (χ1v) is 12.1. The van der Waals surface area contributed by atoms with Crippen molar-refractivity contribution < 1.29 is 22.0 Å². The zero-order valence-corrected chi connectivity index (χ0v) is 18.8. The fourth-order valence-electron chi connectivity index (χ4n) is 3.78. The van der Waals surface area contributed by atoms with Crippen LogP contribution in [0.15, 0.2) is 68.3 Å². The van der Waals surface area contributed by atoms with E-state index in [0.29, 0.717) is 29.2 Å². The molecule has 5 rings (SSSR count). The van der Waals surface area contributed by atoms with Crippen molar-refractivity contribution >= 4 is 44.5 Å². The number of hydrogen-bond acceptors (Lipinski definition) is 7. The van der Waals surface area contributed by atoms with E-state index in [1.165, 1.54) is 16.4 Å². The molecule has 0 radical (unpaired) electrons. The van der Waals surface area contributed by atoms with Crippen molar-refractivity contribution in [3.63, 3.8) is 0 Å². The van der Waals surface area contributed by atoms with Gasteiger partial charge in [-0.25, -0.2) is 8.42 Å². The van der Waals surface area contributed by atoms with Crippen molar-refractivity contribution in [1.82, 2.24) is 14.5 Å². The Bertz CT molecular complexity index is 1370. The monoisotopic (exact) mass is 486 g/mol. The second-order valence-corrected chi connectivity index (χ2v) is 10.1. The Hall–Kier alpha value is -3.21. The third-order valence-electron chi connectivity index (χ3n) is 5.57. The first kappa shape index (κ1) is 21.6. The highest BCUT2D eigenvalue weighted by Gasteiger charge is 2.32. The van der Waals surface area contributed by atoms with Crippen LogP contribution in [0.2, 0.25) is 5.02 Å². The van der Waals surface area contributed by atoms with Gasteiger partial charge in [0, 0.05) is 29.4 Å². The number of amides is 1. The molecule has 1 aliphatic heterocycles. The van der Waals surface area contributed by atoms with E-state index in [1.807, 2.05) is 24.3 Å². The number of piperidine rings is 1. The molecule has 170 valence electrons. The Balaban J connectivity index is 1.21. The molecule has 1 amide bonds. The quantitative estimate of drug-likeness (QED) is 0.449. The van der Waals surface area contributed by atoms with E-state index < -0.39 is 10.0 Å². The summed E-state index contributed by atoms with van der Waals surface area (Å²) in [5.74, 6) is -0.100. The van der Waals surface area contributed by atoms with E-state index in [0.717, 1.165) is 5.39 Å². The summed E-state index contributed by atoms with van der Waals surface area (Å²) in [5.41, 5.74) is 0.691. The number of fused-ring (bicyclic) bond motifs is 1. The number of aromatic nitrogens is 2. The van der Waals surface area contributed by atoms with Gasteiger partial charge in [0.1, 0.15) is 5.58 Å². The van der Waals surface area contributed by atoms with Gasteiger partial charge < -0.3 is 8.83 Å². The predicted octanol–water partition coefficient (Wildman–Crippen LogP) is 4.18. The average molecular weight is 487 g/mol. The summed E-state index contributed by atoms with van der Waals surface area (Å²) in [5, 5.41) is 11.8. The number of anilines is 1. The number of carbonyl (C=O) groups is 1. The van der Waals surface area contributed by atoms with Crippen molar-refractivity contribution in [2.24, 2.45) is 5.92 Å². The van der Waals surface area contributed by atoms with E-state index >= 15 is 0 Å². The molecule has 0 spiro atoms. The molecule has 0 saturated carbocycles. The molecule has 1 fully saturated rings. The Morgan fingerprint density at radius 2 is 1.76 bits per heavy atom. The van der Waals surface area contributed by atoms with Gasteiger partial charge in [-0.15, -0.1) is 5.10 Å². The van der Waals surface area contributed by atoms with Crippen LogP contribution >= 0.6 is 11.6 Å². The lowest BCUT2D eigenvalue weighted by molar-refractivity contribution is -0.121. The van der Waals surface area contributed by atoms with Crippen molar-refractivity contribution in [2.75, 3.05) is 18.4 Å². The van der Waals surface area contributed by atoms with Crippen LogP contribution < -0.4 is 5.32 Å². The molecule has 2 aromatic heterocycles. The molecule has 3 heterocycles. The maximum Gasteiger partial charge on any atom is 0.322 e. The molecule has 1 saturated heterocycles. The van der Waals surface area contributed by atoms with E-state index in [2.05, 4.69) is 15.5 Å². The van der Waals surface area contributed by atoms with Crippen LogP contribution in [0.4, 0.5) is 6.01 Å². The SMILES string of the molecule is O=C(Nc1nnc(-c2cc3ccccc3o2)o1)C1CCN(S(=O)(=O)c2ccc(Cl)cc2)CC1. The molecule has 0 bridgehead atoms. The van der Waals surface area contributed by atoms with Crippen LogP contribution in [-0.4, -0.2) is 41.9 Å². The highest BCUT2D eigenvalue weighted by atomic mass is 35.5. The van der Waals surface area contributed by atoms with Crippen LogP contribution in [0.25, 0.3) is 22.6 Å². The lowest BCUT2D eigenvalue weighted by Crippen LogP contribution is -2.41. The number of nitrogens with one attached hydrogen (secondary N) is 1. The van der Waals surface area contributed by atoms with Crippen molar-refractivity contribution in [3.8, 4) is 11.7 Å². The molecule has 1 aliphatic rings. The molecule has 2 aromatic carbocycles. The van der Waals surface area contributed by atoms with E-state index in [1.54, 1.807) is 18.2 Å². The Morgan fingerprint density at radius 3 is 2.48 bits per heavy atom. The number of halogens is 1. The normalized spacial score (nSPS) is 15.7. The molecular weight excluding hydrogens is 468 g/mol. The van der Waals surface area contributed by atoms with Crippen LogP contribution in [0, 0.1) is 5.92 Å². The van der Waals surface area contributed by atoms with Gasteiger partial charge in [-0.05, 0) is 49.2 Å². The van der Waals surface area contributed by atoms with Gasteiger partial charge in [0.25, 0.3) is 5.89 Å². The first-order chi connectivity index (χ1) is 15.9. The van der Waals surface area contributed by atoms with E-state index in [-0.39, 0.29) is 41.7 Å². The van der Waals surface area contributed by atoms with Gasteiger partial charge in [-0.1, -0.05) is 34.9 Å². The number of para-hydroxylation sites is 1. The van der Waals surface area contributed by atoms with Gasteiger partial charge in [0.15, 0.2) is 5.76 Å². The van der Waals surface area contributed by atoms with Crippen molar-refractivity contribution in [1.29, 1.82) is 0 Å². The molecule has 1 N–H and O–H groups in total. The first-order valence-electron chi connectivity index (χ1n) is 10.3. The van der Waals surface area contributed by atoms with Crippen LogP contribution in [0.3, 0.4) is 0 Å². The zero-order valence-electron chi connectivity index (χ0n) is 17.3. The number of carbonyl (C=O) groups excluding carboxylic acids is 1. The fourth-order valence-corrected chi connectivity index (χ4v) is 5.38. The molecule has 0 unspecified atom stereocenters. The Labute approximate surface area is 194 Å². The number of nitrogens with zero attached hydrogens (tertiary/aromatic N) is 3. The molecule has 11 heteroatoms. The molecule has 0 aliphatic carbocycles. The minimum Gasteiger partial charge on any atom is -0.451 e. The Kier molecular flexibility index (Phi) is 5.65. The summed E-state index contributed by atoms with van der Waals surface area (Å²) in [4.78, 5) is 12.9. The fraction of sp³-hybridized carbons (Fsp3) is 0.227. The summed E-state index contributed by atoms with van der Waals surface area (Å²) in [6.07, 6.45) is 0.756. The van der Waals surface area contributed by atoms with Gasteiger partial charge in [0.05, 0.1) is 4.90 Å². The third kappa shape index (κ3) is 4.37. The molecule has 0 atom stereocenters.